The van der Waals surface area contributed by atoms with E-state index in [1.807, 2.05) is 11.0 Å². The number of benzene rings is 1. The number of esters is 1. The van der Waals surface area contributed by atoms with Crippen molar-refractivity contribution in [2.75, 3.05) is 6.61 Å². The Morgan fingerprint density at radius 1 is 1.25 bits per heavy atom. The molecule has 110 valence electrons. The summed E-state index contributed by atoms with van der Waals surface area (Å²) < 4.78 is 7.10. The lowest BCUT2D eigenvalue weighted by molar-refractivity contribution is -0.143. The molecule has 0 amide bonds. The molecule has 0 heterocycles. The van der Waals surface area contributed by atoms with Crippen molar-refractivity contribution in [3.05, 3.63) is 39.5 Å². The van der Waals surface area contributed by atoms with Gasteiger partial charge in [-0.1, -0.05) is 60.2 Å². The van der Waals surface area contributed by atoms with Gasteiger partial charge in [0.1, 0.15) is 0 Å². The van der Waals surface area contributed by atoms with Crippen molar-refractivity contribution in [3.8, 4) is 0 Å². The van der Waals surface area contributed by atoms with Crippen LogP contribution in [0.1, 0.15) is 50.2 Å². The molecule has 0 unspecified atom stereocenters. The third kappa shape index (κ3) is 7.08. The molecule has 0 spiro atoms. The minimum Gasteiger partial charge on any atom is -0.466 e. The summed E-state index contributed by atoms with van der Waals surface area (Å²) in [5, 5.41) is 0. The molecule has 1 rings (SSSR count). The first-order valence-electron chi connectivity index (χ1n) is 7.28. The zero-order valence-corrected chi connectivity index (χ0v) is 14.3. The Labute approximate surface area is 135 Å². The fourth-order valence-corrected chi connectivity index (χ4v) is 2.43. The third-order valence-electron chi connectivity index (χ3n) is 3.09. The van der Waals surface area contributed by atoms with Crippen molar-refractivity contribution in [1.29, 1.82) is 0 Å². The normalized spacial score (nSPS) is 10.9. The van der Waals surface area contributed by atoms with E-state index in [0.29, 0.717) is 13.0 Å². The minimum absolute atomic E-state index is 0.0555. The number of carbonyl (C=O) groups is 1. The lowest BCUT2D eigenvalue weighted by Gasteiger charge is -2.06. The number of halogens is 1. The Balaban J connectivity index is 2.23. The SMILES string of the molecule is CCCOC(=O)CCCCCc1ccccc1/C=C\I. The largest absolute Gasteiger partial charge is 0.466 e. The number of unbranched alkanes of at least 4 members (excludes halogenated alkanes) is 2. The number of aryl methyl sites for hydroxylation is 1. The van der Waals surface area contributed by atoms with E-state index in [1.165, 1.54) is 11.1 Å². The zero-order valence-electron chi connectivity index (χ0n) is 12.1. The summed E-state index contributed by atoms with van der Waals surface area (Å²) in [6, 6.07) is 8.48. The molecule has 0 bridgehead atoms. The lowest BCUT2D eigenvalue weighted by atomic mass is 10.0. The molecule has 0 saturated carbocycles. The molecule has 0 saturated heterocycles. The number of hydrogen-bond donors (Lipinski definition) is 0. The monoisotopic (exact) mass is 386 g/mol. The maximum atomic E-state index is 11.3. The van der Waals surface area contributed by atoms with Gasteiger partial charge in [0.15, 0.2) is 0 Å². The summed E-state index contributed by atoms with van der Waals surface area (Å²) in [5.74, 6) is -0.0555. The molecule has 3 heteroatoms. The molecule has 0 radical (unpaired) electrons. The Hall–Kier alpha value is -0.840. The van der Waals surface area contributed by atoms with Crippen LogP contribution in [-0.2, 0) is 16.0 Å². The molecular weight excluding hydrogens is 363 g/mol. The Morgan fingerprint density at radius 3 is 2.80 bits per heavy atom. The van der Waals surface area contributed by atoms with Crippen LogP contribution in [0.3, 0.4) is 0 Å². The fourth-order valence-electron chi connectivity index (χ4n) is 2.04. The van der Waals surface area contributed by atoms with Gasteiger partial charge >= 0.3 is 5.97 Å². The molecular formula is C17H23IO2. The van der Waals surface area contributed by atoms with Crippen LogP contribution in [-0.4, -0.2) is 12.6 Å². The van der Waals surface area contributed by atoms with Crippen LogP contribution in [0.5, 0.6) is 0 Å². The quantitative estimate of drug-likeness (QED) is 0.333. The van der Waals surface area contributed by atoms with Gasteiger partial charge in [-0.3, -0.25) is 4.79 Å². The van der Waals surface area contributed by atoms with Crippen LogP contribution >= 0.6 is 22.6 Å². The molecule has 2 nitrogen and oxygen atoms in total. The van der Waals surface area contributed by atoms with Gasteiger partial charge in [-0.05, 0) is 47.0 Å². The molecule has 0 N–H and O–H groups in total. The van der Waals surface area contributed by atoms with Crippen LogP contribution in [0, 0.1) is 0 Å². The van der Waals surface area contributed by atoms with E-state index >= 15 is 0 Å². The van der Waals surface area contributed by atoms with Crippen LogP contribution in [0.25, 0.3) is 6.08 Å². The summed E-state index contributed by atoms with van der Waals surface area (Å²) in [4.78, 5) is 11.3. The molecule has 0 aliphatic carbocycles. The smallest absolute Gasteiger partial charge is 0.305 e. The first-order chi connectivity index (χ1) is 9.77. The molecule has 1 aromatic carbocycles. The Kier molecular flexibility index (Phi) is 9.37. The second kappa shape index (κ2) is 10.9. The van der Waals surface area contributed by atoms with Gasteiger partial charge in [0.2, 0.25) is 0 Å². The summed E-state index contributed by atoms with van der Waals surface area (Å²) in [7, 11) is 0. The zero-order chi connectivity index (χ0) is 14.6. The van der Waals surface area contributed by atoms with Gasteiger partial charge in [-0.15, -0.1) is 0 Å². The predicted octanol–water partition coefficient (Wildman–Crippen LogP) is 5.15. The molecule has 0 aliphatic rings. The van der Waals surface area contributed by atoms with Crippen LogP contribution in [0.2, 0.25) is 0 Å². The van der Waals surface area contributed by atoms with E-state index < -0.39 is 0 Å². The summed E-state index contributed by atoms with van der Waals surface area (Å²) in [6.45, 7) is 2.56. The summed E-state index contributed by atoms with van der Waals surface area (Å²) >= 11 is 2.24. The van der Waals surface area contributed by atoms with Gasteiger partial charge in [0.05, 0.1) is 6.61 Å². The van der Waals surface area contributed by atoms with Gasteiger partial charge in [-0.25, -0.2) is 0 Å². The molecule has 0 fully saturated rings. The second-order valence-electron chi connectivity index (χ2n) is 4.77. The third-order valence-corrected chi connectivity index (χ3v) is 3.45. The number of carbonyl (C=O) groups excluding carboxylic acids is 1. The van der Waals surface area contributed by atoms with Crippen molar-refractivity contribution in [3.63, 3.8) is 0 Å². The van der Waals surface area contributed by atoms with E-state index in [4.69, 9.17) is 4.74 Å². The van der Waals surface area contributed by atoms with Crippen LogP contribution < -0.4 is 0 Å². The predicted molar refractivity (Wildman–Crippen MR) is 92.9 cm³/mol. The Morgan fingerprint density at radius 2 is 2.05 bits per heavy atom. The molecule has 0 aliphatic heterocycles. The van der Waals surface area contributed by atoms with Gasteiger partial charge < -0.3 is 4.74 Å². The lowest BCUT2D eigenvalue weighted by Crippen LogP contribution is -2.04. The standard InChI is InChI=1S/C17H23IO2/c1-2-14-20-17(19)11-5-3-4-8-15-9-6-7-10-16(15)12-13-18/h6-7,9-10,12-13H,2-5,8,11,14H2,1H3/b13-12-. The second-order valence-corrected chi connectivity index (χ2v) is 5.49. The van der Waals surface area contributed by atoms with Crippen LogP contribution in [0.4, 0.5) is 0 Å². The van der Waals surface area contributed by atoms with Crippen molar-refractivity contribution < 1.29 is 9.53 Å². The van der Waals surface area contributed by atoms with Crippen molar-refractivity contribution in [2.24, 2.45) is 0 Å². The summed E-state index contributed by atoms with van der Waals surface area (Å²) in [6.07, 6.45) is 7.77. The van der Waals surface area contributed by atoms with E-state index in [0.717, 1.165) is 32.1 Å². The van der Waals surface area contributed by atoms with E-state index in [2.05, 4.69) is 52.9 Å². The van der Waals surface area contributed by atoms with E-state index in [1.54, 1.807) is 0 Å². The minimum atomic E-state index is -0.0555. The summed E-state index contributed by atoms with van der Waals surface area (Å²) in [5.41, 5.74) is 2.68. The average Bonchev–Trinajstić information content (AvgIpc) is 2.46. The number of hydrogen-bond acceptors (Lipinski definition) is 2. The highest BCUT2D eigenvalue weighted by molar-refractivity contribution is 14.1. The highest BCUT2D eigenvalue weighted by atomic mass is 127. The average molecular weight is 386 g/mol. The van der Waals surface area contributed by atoms with Crippen molar-refractivity contribution in [2.45, 2.75) is 45.4 Å². The van der Waals surface area contributed by atoms with Crippen molar-refractivity contribution in [1.82, 2.24) is 0 Å². The number of rotatable bonds is 9. The molecule has 20 heavy (non-hydrogen) atoms. The maximum Gasteiger partial charge on any atom is 0.305 e. The first kappa shape index (κ1) is 17.2. The first-order valence-corrected chi connectivity index (χ1v) is 8.52. The topological polar surface area (TPSA) is 26.3 Å². The molecule has 1 aromatic rings. The molecule has 0 atom stereocenters. The number of ether oxygens (including phenoxy) is 1. The van der Waals surface area contributed by atoms with Gasteiger partial charge in [0, 0.05) is 6.42 Å². The fraction of sp³-hybridized carbons (Fsp3) is 0.471. The highest BCUT2D eigenvalue weighted by Gasteiger charge is 2.02. The van der Waals surface area contributed by atoms with Gasteiger partial charge in [-0.2, -0.15) is 0 Å². The molecule has 0 aromatic heterocycles. The van der Waals surface area contributed by atoms with E-state index in [9.17, 15) is 4.79 Å². The van der Waals surface area contributed by atoms with Crippen molar-refractivity contribution >= 4 is 34.6 Å². The van der Waals surface area contributed by atoms with E-state index in [-0.39, 0.29) is 5.97 Å². The van der Waals surface area contributed by atoms with Gasteiger partial charge in [0.25, 0.3) is 0 Å². The maximum absolute atomic E-state index is 11.3. The highest BCUT2D eigenvalue weighted by Crippen LogP contribution is 2.15. The van der Waals surface area contributed by atoms with Crippen LogP contribution in [0.15, 0.2) is 28.3 Å². The Bertz CT molecular complexity index is 427.